The molecule has 0 spiro atoms. The van der Waals surface area contributed by atoms with Crippen LogP contribution in [0.25, 0.3) is 6.08 Å². The van der Waals surface area contributed by atoms with E-state index in [-0.39, 0.29) is 11.8 Å². The van der Waals surface area contributed by atoms with Crippen molar-refractivity contribution >= 4 is 35.2 Å². The van der Waals surface area contributed by atoms with E-state index >= 15 is 0 Å². The van der Waals surface area contributed by atoms with Gasteiger partial charge in [0.15, 0.2) is 0 Å². The lowest BCUT2D eigenvalue weighted by Crippen LogP contribution is -2.49. The van der Waals surface area contributed by atoms with Crippen molar-refractivity contribution in [2.24, 2.45) is 0 Å². The first-order chi connectivity index (χ1) is 13.6. The van der Waals surface area contributed by atoms with Crippen molar-refractivity contribution in [2.75, 3.05) is 37.6 Å². The molecule has 1 aliphatic heterocycles. The van der Waals surface area contributed by atoms with Crippen LogP contribution in [0.1, 0.15) is 12.0 Å². The van der Waals surface area contributed by atoms with Crippen LogP contribution in [0.3, 0.4) is 0 Å². The topological polar surface area (TPSA) is 52.7 Å². The third kappa shape index (κ3) is 5.60. The Morgan fingerprint density at radius 1 is 0.964 bits per heavy atom. The molecule has 2 amide bonds. The molecular formula is C22H24ClN3O2. The van der Waals surface area contributed by atoms with Gasteiger partial charge in [0.1, 0.15) is 0 Å². The van der Waals surface area contributed by atoms with Crippen LogP contribution in [0.2, 0.25) is 5.02 Å². The second-order valence-corrected chi connectivity index (χ2v) is 7.01. The number of para-hydroxylation sites is 1. The van der Waals surface area contributed by atoms with Gasteiger partial charge in [-0.05, 0) is 23.8 Å². The summed E-state index contributed by atoms with van der Waals surface area (Å²) in [7, 11) is 0. The fraction of sp³-hybridized carbons (Fsp3) is 0.273. The standard InChI is InChI=1S/C22H24ClN3O2/c23-19-8-4-5-9-20(19)25-14-16-26(17-15-25)22(28)12-13-24-21(27)11-10-18-6-2-1-3-7-18/h1-11H,12-17H2,(H,24,27)/b11-10+. The zero-order valence-electron chi connectivity index (χ0n) is 15.7. The molecule has 1 N–H and O–H groups in total. The van der Waals surface area contributed by atoms with Crippen LogP contribution in [0.15, 0.2) is 60.7 Å². The zero-order chi connectivity index (χ0) is 19.8. The summed E-state index contributed by atoms with van der Waals surface area (Å²) in [6.07, 6.45) is 3.55. The summed E-state index contributed by atoms with van der Waals surface area (Å²) in [6, 6.07) is 17.4. The summed E-state index contributed by atoms with van der Waals surface area (Å²) in [4.78, 5) is 28.3. The van der Waals surface area contributed by atoms with Crippen LogP contribution < -0.4 is 10.2 Å². The van der Waals surface area contributed by atoms with E-state index in [1.54, 1.807) is 6.08 Å². The number of amides is 2. The highest BCUT2D eigenvalue weighted by atomic mass is 35.5. The molecule has 2 aromatic rings. The number of benzene rings is 2. The number of carbonyl (C=O) groups excluding carboxylic acids is 2. The molecule has 1 heterocycles. The molecule has 1 saturated heterocycles. The summed E-state index contributed by atoms with van der Waals surface area (Å²) in [6.45, 7) is 3.16. The highest BCUT2D eigenvalue weighted by Gasteiger charge is 2.21. The van der Waals surface area contributed by atoms with E-state index in [2.05, 4.69) is 10.2 Å². The van der Waals surface area contributed by atoms with Crippen LogP contribution in [-0.4, -0.2) is 49.4 Å². The van der Waals surface area contributed by atoms with Gasteiger partial charge in [-0.15, -0.1) is 0 Å². The minimum Gasteiger partial charge on any atom is -0.367 e. The molecule has 2 aromatic carbocycles. The van der Waals surface area contributed by atoms with Gasteiger partial charge in [-0.3, -0.25) is 9.59 Å². The SMILES string of the molecule is O=C(/C=C/c1ccccc1)NCCC(=O)N1CCN(c2ccccc2Cl)CC1. The Morgan fingerprint density at radius 3 is 2.36 bits per heavy atom. The lowest BCUT2D eigenvalue weighted by molar-refractivity contribution is -0.131. The van der Waals surface area contributed by atoms with E-state index in [0.717, 1.165) is 29.4 Å². The quantitative estimate of drug-likeness (QED) is 0.761. The molecule has 0 saturated carbocycles. The van der Waals surface area contributed by atoms with Crippen molar-refractivity contribution < 1.29 is 9.59 Å². The fourth-order valence-electron chi connectivity index (χ4n) is 3.15. The van der Waals surface area contributed by atoms with Gasteiger partial charge in [0.05, 0.1) is 10.7 Å². The Hall–Kier alpha value is -2.79. The highest BCUT2D eigenvalue weighted by Crippen LogP contribution is 2.26. The monoisotopic (exact) mass is 397 g/mol. The number of piperazine rings is 1. The molecule has 0 bridgehead atoms. The lowest BCUT2D eigenvalue weighted by atomic mass is 10.2. The van der Waals surface area contributed by atoms with Gasteiger partial charge >= 0.3 is 0 Å². The molecule has 3 rings (SSSR count). The molecule has 0 aromatic heterocycles. The molecule has 6 heteroatoms. The Bertz CT molecular complexity index is 831. The number of nitrogens with one attached hydrogen (secondary N) is 1. The maximum absolute atomic E-state index is 12.4. The second-order valence-electron chi connectivity index (χ2n) is 6.60. The first kappa shape index (κ1) is 20.0. The number of halogens is 1. The van der Waals surface area contributed by atoms with E-state index in [0.29, 0.717) is 26.1 Å². The number of rotatable bonds is 6. The average molecular weight is 398 g/mol. The maximum Gasteiger partial charge on any atom is 0.244 e. The average Bonchev–Trinajstić information content (AvgIpc) is 2.73. The van der Waals surface area contributed by atoms with Gasteiger partial charge < -0.3 is 15.1 Å². The predicted octanol–water partition coefficient (Wildman–Crippen LogP) is 3.21. The number of hydrogen-bond acceptors (Lipinski definition) is 3. The van der Waals surface area contributed by atoms with Gasteiger partial charge in [-0.1, -0.05) is 54.1 Å². The number of hydrogen-bond donors (Lipinski definition) is 1. The number of nitrogens with zero attached hydrogens (tertiary/aromatic N) is 2. The molecule has 0 atom stereocenters. The van der Waals surface area contributed by atoms with Gasteiger partial charge in [0.2, 0.25) is 11.8 Å². The van der Waals surface area contributed by atoms with Gasteiger partial charge in [0, 0.05) is 45.2 Å². The van der Waals surface area contributed by atoms with Gasteiger partial charge in [-0.2, -0.15) is 0 Å². The third-order valence-corrected chi connectivity index (χ3v) is 5.01. The van der Waals surface area contributed by atoms with E-state index < -0.39 is 0 Å². The molecule has 0 unspecified atom stereocenters. The van der Waals surface area contributed by atoms with E-state index in [9.17, 15) is 9.59 Å². The lowest BCUT2D eigenvalue weighted by Gasteiger charge is -2.36. The Balaban J connectivity index is 1.38. The summed E-state index contributed by atoms with van der Waals surface area (Å²) in [5, 5.41) is 3.49. The minimum atomic E-state index is -0.194. The minimum absolute atomic E-state index is 0.0612. The number of anilines is 1. The molecule has 0 aliphatic carbocycles. The largest absolute Gasteiger partial charge is 0.367 e. The first-order valence-corrected chi connectivity index (χ1v) is 9.79. The summed E-state index contributed by atoms with van der Waals surface area (Å²) >= 11 is 6.25. The summed E-state index contributed by atoms with van der Waals surface area (Å²) in [5.41, 5.74) is 1.97. The maximum atomic E-state index is 12.4. The normalized spacial score (nSPS) is 14.3. The Labute approximate surface area is 170 Å². The first-order valence-electron chi connectivity index (χ1n) is 9.42. The fourth-order valence-corrected chi connectivity index (χ4v) is 3.41. The van der Waals surface area contributed by atoms with Crippen molar-refractivity contribution in [3.63, 3.8) is 0 Å². The van der Waals surface area contributed by atoms with Crippen molar-refractivity contribution in [2.45, 2.75) is 6.42 Å². The van der Waals surface area contributed by atoms with Gasteiger partial charge in [-0.25, -0.2) is 0 Å². The molecule has 146 valence electrons. The number of carbonyl (C=O) groups is 2. The van der Waals surface area contributed by atoms with E-state index in [4.69, 9.17) is 11.6 Å². The van der Waals surface area contributed by atoms with E-state index in [1.807, 2.05) is 59.5 Å². The van der Waals surface area contributed by atoms with Crippen LogP contribution in [0.5, 0.6) is 0 Å². The summed E-state index contributed by atoms with van der Waals surface area (Å²) in [5.74, 6) is -0.133. The zero-order valence-corrected chi connectivity index (χ0v) is 16.4. The van der Waals surface area contributed by atoms with Crippen molar-refractivity contribution in [3.8, 4) is 0 Å². The second kappa shape index (κ2) is 9.95. The van der Waals surface area contributed by atoms with Crippen LogP contribution in [-0.2, 0) is 9.59 Å². The Morgan fingerprint density at radius 2 is 1.64 bits per heavy atom. The third-order valence-electron chi connectivity index (χ3n) is 4.69. The van der Waals surface area contributed by atoms with E-state index in [1.165, 1.54) is 6.08 Å². The molecule has 1 aliphatic rings. The van der Waals surface area contributed by atoms with Gasteiger partial charge in [0.25, 0.3) is 0 Å². The predicted molar refractivity (Wildman–Crippen MR) is 113 cm³/mol. The molecular weight excluding hydrogens is 374 g/mol. The molecule has 5 nitrogen and oxygen atoms in total. The molecule has 1 fully saturated rings. The van der Waals surface area contributed by atoms with Crippen LogP contribution in [0.4, 0.5) is 5.69 Å². The van der Waals surface area contributed by atoms with Crippen LogP contribution >= 0.6 is 11.6 Å². The smallest absolute Gasteiger partial charge is 0.244 e. The van der Waals surface area contributed by atoms with Crippen LogP contribution in [0, 0.1) is 0 Å². The molecule has 28 heavy (non-hydrogen) atoms. The molecule has 0 radical (unpaired) electrons. The highest BCUT2D eigenvalue weighted by molar-refractivity contribution is 6.33. The Kier molecular flexibility index (Phi) is 7.09. The van der Waals surface area contributed by atoms with Crippen molar-refractivity contribution in [1.29, 1.82) is 0 Å². The summed E-state index contributed by atoms with van der Waals surface area (Å²) < 4.78 is 0. The van der Waals surface area contributed by atoms with Crippen molar-refractivity contribution in [3.05, 3.63) is 71.3 Å². The van der Waals surface area contributed by atoms with Crippen molar-refractivity contribution in [1.82, 2.24) is 10.2 Å².